The summed E-state index contributed by atoms with van der Waals surface area (Å²) in [7, 11) is 0. The third-order valence-electron chi connectivity index (χ3n) is 1.77. The van der Waals surface area contributed by atoms with Crippen molar-refractivity contribution < 1.29 is 14.3 Å². The fraction of sp³-hybridized carbons (Fsp3) is 0.833. The summed E-state index contributed by atoms with van der Waals surface area (Å²) in [6.07, 6.45) is -0.204. The summed E-state index contributed by atoms with van der Waals surface area (Å²) >= 11 is 0. The first-order valence-electron chi connectivity index (χ1n) is 2.99. The Kier molecular flexibility index (Phi) is 0.662. The predicted octanol–water partition coefficient (Wildman–Crippen LogP) is 0.0892. The lowest BCUT2D eigenvalue weighted by molar-refractivity contribution is -0.156. The van der Waals surface area contributed by atoms with Crippen LogP contribution < -0.4 is 0 Å². The lowest BCUT2D eigenvalue weighted by Crippen LogP contribution is -2.27. The Morgan fingerprint density at radius 1 is 1.56 bits per heavy atom. The highest BCUT2D eigenvalue weighted by Gasteiger charge is 2.63. The van der Waals surface area contributed by atoms with E-state index in [9.17, 15) is 4.79 Å². The van der Waals surface area contributed by atoms with Gasteiger partial charge in [0.2, 0.25) is 0 Å². The summed E-state index contributed by atoms with van der Waals surface area (Å²) in [5.74, 6) is -0.204. The number of rotatable bonds is 0. The van der Waals surface area contributed by atoms with Crippen LogP contribution in [0.5, 0.6) is 0 Å². The quantitative estimate of drug-likeness (QED) is 0.343. The van der Waals surface area contributed by atoms with Crippen LogP contribution in [0.25, 0.3) is 0 Å². The number of fused-ring (bicyclic) bond motifs is 1. The molecule has 2 heterocycles. The lowest BCUT2D eigenvalue weighted by atomic mass is 10.1. The minimum atomic E-state index is -0.373. The molecule has 2 aliphatic heterocycles. The fourth-order valence-electron chi connectivity index (χ4n) is 1.20. The van der Waals surface area contributed by atoms with Gasteiger partial charge in [-0.15, -0.1) is 0 Å². The second-order valence-corrected chi connectivity index (χ2v) is 3.00. The summed E-state index contributed by atoms with van der Waals surface area (Å²) in [5, 5.41) is 0. The van der Waals surface area contributed by atoms with Gasteiger partial charge < -0.3 is 9.47 Å². The topological polar surface area (TPSA) is 38.8 Å². The molecule has 2 atom stereocenters. The van der Waals surface area contributed by atoms with E-state index in [1.165, 1.54) is 0 Å². The van der Waals surface area contributed by atoms with Crippen molar-refractivity contribution in [2.24, 2.45) is 0 Å². The standard InChI is InChI=1S/C6H8O3/c1-6(2)4-3(8-4)5(7)9-6/h3-4H,1-2H3/t3-,4-/m0/s1. The van der Waals surface area contributed by atoms with Crippen LogP contribution in [-0.4, -0.2) is 23.8 Å². The molecule has 2 saturated heterocycles. The summed E-state index contributed by atoms with van der Waals surface area (Å²) in [5.41, 5.74) is -0.373. The van der Waals surface area contributed by atoms with Crippen LogP contribution in [0, 0.1) is 0 Å². The Morgan fingerprint density at radius 3 is 2.33 bits per heavy atom. The minimum Gasteiger partial charge on any atom is -0.455 e. The van der Waals surface area contributed by atoms with Gasteiger partial charge >= 0.3 is 5.97 Å². The normalized spacial score (nSPS) is 44.0. The second-order valence-electron chi connectivity index (χ2n) is 3.00. The molecule has 0 amide bonds. The second kappa shape index (κ2) is 1.14. The Labute approximate surface area is 52.9 Å². The zero-order valence-corrected chi connectivity index (χ0v) is 5.38. The molecule has 2 rings (SSSR count). The summed E-state index contributed by atoms with van der Waals surface area (Å²) in [6, 6.07) is 0. The van der Waals surface area contributed by atoms with Crippen molar-refractivity contribution in [2.75, 3.05) is 0 Å². The number of carbonyl (C=O) groups excluding carboxylic acids is 1. The van der Waals surface area contributed by atoms with E-state index in [0.29, 0.717) is 0 Å². The van der Waals surface area contributed by atoms with Crippen LogP contribution in [0.15, 0.2) is 0 Å². The van der Waals surface area contributed by atoms with E-state index in [4.69, 9.17) is 9.47 Å². The predicted molar refractivity (Wildman–Crippen MR) is 28.8 cm³/mol. The Bertz CT molecular complexity index is 173. The van der Waals surface area contributed by atoms with Crippen molar-refractivity contribution in [1.82, 2.24) is 0 Å². The number of hydrogen-bond donors (Lipinski definition) is 0. The van der Waals surface area contributed by atoms with Crippen LogP contribution in [-0.2, 0) is 14.3 Å². The molecular formula is C6H8O3. The van der Waals surface area contributed by atoms with Gasteiger partial charge in [0.05, 0.1) is 0 Å². The van der Waals surface area contributed by atoms with Crippen molar-refractivity contribution in [3.05, 3.63) is 0 Å². The molecule has 0 aromatic rings. The Hall–Kier alpha value is -0.570. The smallest absolute Gasteiger partial charge is 0.338 e. The van der Waals surface area contributed by atoms with E-state index in [1.807, 2.05) is 13.8 Å². The number of ether oxygens (including phenoxy) is 2. The highest BCUT2D eigenvalue weighted by atomic mass is 16.7. The molecule has 3 nitrogen and oxygen atoms in total. The third kappa shape index (κ3) is 0.525. The van der Waals surface area contributed by atoms with E-state index in [1.54, 1.807) is 0 Å². The van der Waals surface area contributed by atoms with Gasteiger partial charge in [-0.25, -0.2) is 4.79 Å². The van der Waals surface area contributed by atoms with E-state index in [0.717, 1.165) is 0 Å². The number of carbonyl (C=O) groups is 1. The van der Waals surface area contributed by atoms with Crippen LogP contribution in [0.1, 0.15) is 13.8 Å². The molecule has 2 fully saturated rings. The average Bonchev–Trinajstić information content (AvgIpc) is 2.33. The van der Waals surface area contributed by atoms with E-state index in [-0.39, 0.29) is 23.8 Å². The van der Waals surface area contributed by atoms with Gasteiger partial charge in [-0.3, -0.25) is 0 Å². The number of cyclic esters (lactones) is 1. The monoisotopic (exact) mass is 128 g/mol. The molecule has 0 saturated carbocycles. The summed E-state index contributed by atoms with van der Waals surface area (Å²) in [4.78, 5) is 10.7. The molecular weight excluding hydrogens is 120 g/mol. The fourth-order valence-corrected chi connectivity index (χ4v) is 1.20. The molecule has 0 spiro atoms. The first kappa shape index (κ1) is 5.23. The van der Waals surface area contributed by atoms with Gasteiger partial charge in [0.15, 0.2) is 6.10 Å². The highest BCUT2D eigenvalue weighted by Crippen LogP contribution is 2.42. The Morgan fingerprint density at radius 2 is 2.22 bits per heavy atom. The molecule has 3 heteroatoms. The van der Waals surface area contributed by atoms with Crippen LogP contribution >= 0.6 is 0 Å². The molecule has 0 N–H and O–H groups in total. The molecule has 0 aromatic carbocycles. The van der Waals surface area contributed by atoms with Gasteiger partial charge in [-0.2, -0.15) is 0 Å². The number of epoxide rings is 1. The van der Waals surface area contributed by atoms with Crippen LogP contribution in [0.2, 0.25) is 0 Å². The number of esters is 1. The first-order chi connectivity index (χ1) is 4.11. The molecule has 50 valence electrons. The maximum Gasteiger partial charge on any atom is 0.338 e. The zero-order chi connectivity index (χ0) is 6.65. The number of hydrogen-bond acceptors (Lipinski definition) is 3. The first-order valence-corrected chi connectivity index (χ1v) is 2.99. The minimum absolute atomic E-state index is 0.0324. The van der Waals surface area contributed by atoms with Gasteiger partial charge in [-0.05, 0) is 13.8 Å². The molecule has 0 aliphatic carbocycles. The molecule has 0 unspecified atom stereocenters. The maximum atomic E-state index is 10.7. The van der Waals surface area contributed by atoms with E-state index >= 15 is 0 Å². The van der Waals surface area contributed by atoms with Crippen molar-refractivity contribution in [3.63, 3.8) is 0 Å². The lowest BCUT2D eigenvalue weighted by Gasteiger charge is -2.17. The molecule has 9 heavy (non-hydrogen) atoms. The SMILES string of the molecule is CC1(C)OC(=O)[C@H]2O[C@@H]21. The van der Waals surface area contributed by atoms with E-state index in [2.05, 4.69) is 0 Å². The largest absolute Gasteiger partial charge is 0.455 e. The van der Waals surface area contributed by atoms with Crippen molar-refractivity contribution in [2.45, 2.75) is 31.7 Å². The van der Waals surface area contributed by atoms with Crippen molar-refractivity contribution in [1.29, 1.82) is 0 Å². The van der Waals surface area contributed by atoms with Gasteiger partial charge in [-0.1, -0.05) is 0 Å². The molecule has 2 aliphatic rings. The van der Waals surface area contributed by atoms with Gasteiger partial charge in [0.25, 0.3) is 0 Å². The zero-order valence-electron chi connectivity index (χ0n) is 5.38. The van der Waals surface area contributed by atoms with Crippen LogP contribution in [0.4, 0.5) is 0 Å². The highest BCUT2D eigenvalue weighted by molar-refractivity contribution is 5.81. The molecule has 0 radical (unpaired) electrons. The van der Waals surface area contributed by atoms with Crippen molar-refractivity contribution in [3.8, 4) is 0 Å². The maximum absolute atomic E-state index is 10.7. The molecule has 0 bridgehead atoms. The van der Waals surface area contributed by atoms with E-state index < -0.39 is 0 Å². The Balaban J connectivity index is 2.26. The van der Waals surface area contributed by atoms with Crippen molar-refractivity contribution >= 4 is 5.97 Å². The summed E-state index contributed by atoms with van der Waals surface area (Å²) in [6.45, 7) is 3.73. The third-order valence-corrected chi connectivity index (χ3v) is 1.77. The van der Waals surface area contributed by atoms with Gasteiger partial charge in [0.1, 0.15) is 11.7 Å². The average molecular weight is 128 g/mol. The van der Waals surface area contributed by atoms with Gasteiger partial charge in [0, 0.05) is 0 Å². The van der Waals surface area contributed by atoms with Crippen LogP contribution in [0.3, 0.4) is 0 Å². The summed E-state index contributed by atoms with van der Waals surface area (Å²) < 4.78 is 9.95. The molecule has 0 aromatic heterocycles.